The molecule has 0 amide bonds. The van der Waals surface area contributed by atoms with Crippen LogP contribution < -0.4 is 0 Å². The largest absolute Gasteiger partial charge is 0.147 e. The van der Waals surface area contributed by atoms with Gasteiger partial charge in [-0.2, -0.15) is 0 Å². The van der Waals surface area contributed by atoms with Gasteiger partial charge in [0, 0.05) is 5.56 Å². The molecule has 1 aromatic heterocycles. The number of rotatable bonds is 2. The average Bonchev–Trinajstić information content (AvgIpc) is 2.66. The Bertz CT molecular complexity index is 434. The molecule has 2 rings (SSSR count). The fraction of sp³-hybridized carbons (Fsp3) is 0.273. The van der Waals surface area contributed by atoms with Crippen molar-refractivity contribution in [3.05, 3.63) is 34.8 Å². The average molecular weight is 204 g/mol. The predicted octanol–water partition coefficient (Wildman–Crippen LogP) is 3.08. The number of hydrogen-bond donors (Lipinski definition) is 0. The van der Waals surface area contributed by atoms with Crippen LogP contribution in [0.5, 0.6) is 0 Å². The third-order valence-electron chi connectivity index (χ3n) is 2.03. The fourth-order valence-corrected chi connectivity index (χ4v) is 2.07. The molecule has 0 saturated heterocycles. The quantitative estimate of drug-likeness (QED) is 0.751. The minimum atomic E-state index is 0.962. The molecule has 3 heteroatoms. The monoisotopic (exact) mass is 204 g/mol. The van der Waals surface area contributed by atoms with E-state index >= 15 is 0 Å². The van der Waals surface area contributed by atoms with Crippen LogP contribution in [0.2, 0.25) is 0 Å². The summed E-state index contributed by atoms with van der Waals surface area (Å²) in [6.45, 7) is 4.19. The lowest BCUT2D eigenvalue weighted by molar-refractivity contribution is 0.986. The summed E-state index contributed by atoms with van der Waals surface area (Å²) >= 11 is 1.67. The minimum absolute atomic E-state index is 0.962. The molecular weight excluding hydrogens is 192 g/mol. The van der Waals surface area contributed by atoms with Gasteiger partial charge in [-0.25, -0.2) is 0 Å². The van der Waals surface area contributed by atoms with Gasteiger partial charge in [-0.3, -0.25) is 0 Å². The van der Waals surface area contributed by atoms with Gasteiger partial charge in [-0.05, 0) is 19.4 Å². The SMILES string of the molecule is CCc1nnc(-c2cccc(C)c2)s1. The van der Waals surface area contributed by atoms with E-state index in [1.807, 2.05) is 0 Å². The van der Waals surface area contributed by atoms with Gasteiger partial charge in [0.2, 0.25) is 0 Å². The van der Waals surface area contributed by atoms with E-state index in [0.29, 0.717) is 0 Å². The Morgan fingerprint density at radius 1 is 1.29 bits per heavy atom. The maximum atomic E-state index is 4.17. The third kappa shape index (κ3) is 1.82. The van der Waals surface area contributed by atoms with Crippen LogP contribution in [0.15, 0.2) is 24.3 Å². The molecular formula is C11H12N2S. The Kier molecular flexibility index (Phi) is 2.59. The number of aryl methyl sites for hydroxylation is 2. The normalized spacial score (nSPS) is 10.4. The lowest BCUT2D eigenvalue weighted by Crippen LogP contribution is -1.78. The highest BCUT2D eigenvalue weighted by molar-refractivity contribution is 7.14. The zero-order valence-corrected chi connectivity index (χ0v) is 9.14. The Balaban J connectivity index is 2.39. The van der Waals surface area contributed by atoms with Gasteiger partial charge in [-0.15, -0.1) is 10.2 Å². The summed E-state index contributed by atoms with van der Waals surface area (Å²) in [4.78, 5) is 0. The van der Waals surface area contributed by atoms with E-state index in [1.54, 1.807) is 11.3 Å². The first-order valence-electron chi connectivity index (χ1n) is 4.69. The first-order chi connectivity index (χ1) is 6.79. The number of benzene rings is 1. The Labute approximate surface area is 87.6 Å². The van der Waals surface area contributed by atoms with Crippen molar-refractivity contribution in [2.75, 3.05) is 0 Å². The van der Waals surface area contributed by atoms with Crippen LogP contribution in [0.1, 0.15) is 17.5 Å². The fourth-order valence-electron chi connectivity index (χ4n) is 1.29. The lowest BCUT2D eigenvalue weighted by Gasteiger charge is -1.95. The highest BCUT2D eigenvalue weighted by atomic mass is 32.1. The van der Waals surface area contributed by atoms with Gasteiger partial charge in [0.05, 0.1) is 0 Å². The molecule has 0 N–H and O–H groups in total. The van der Waals surface area contributed by atoms with Crippen molar-refractivity contribution < 1.29 is 0 Å². The van der Waals surface area contributed by atoms with Crippen molar-refractivity contribution in [3.63, 3.8) is 0 Å². The van der Waals surface area contributed by atoms with Gasteiger partial charge in [0.15, 0.2) is 0 Å². The van der Waals surface area contributed by atoms with Crippen LogP contribution in [0.4, 0.5) is 0 Å². The molecule has 0 unspecified atom stereocenters. The first kappa shape index (κ1) is 9.34. The highest BCUT2D eigenvalue weighted by Crippen LogP contribution is 2.24. The molecule has 0 bridgehead atoms. The maximum Gasteiger partial charge on any atom is 0.147 e. The molecule has 1 heterocycles. The van der Waals surface area contributed by atoms with Crippen molar-refractivity contribution in [2.45, 2.75) is 20.3 Å². The molecule has 0 fully saturated rings. The predicted molar refractivity (Wildman–Crippen MR) is 59.5 cm³/mol. The van der Waals surface area contributed by atoms with E-state index in [-0.39, 0.29) is 0 Å². The Morgan fingerprint density at radius 2 is 2.14 bits per heavy atom. The first-order valence-corrected chi connectivity index (χ1v) is 5.50. The van der Waals surface area contributed by atoms with Crippen LogP contribution in [0, 0.1) is 6.92 Å². The summed E-state index contributed by atoms with van der Waals surface area (Å²) in [5.41, 5.74) is 2.43. The van der Waals surface area contributed by atoms with E-state index in [2.05, 4.69) is 48.3 Å². The van der Waals surface area contributed by atoms with E-state index in [1.165, 1.54) is 11.1 Å². The van der Waals surface area contributed by atoms with Crippen molar-refractivity contribution >= 4 is 11.3 Å². The Hall–Kier alpha value is -1.22. The second-order valence-electron chi connectivity index (χ2n) is 3.22. The topological polar surface area (TPSA) is 25.8 Å². The van der Waals surface area contributed by atoms with Crippen LogP contribution >= 0.6 is 11.3 Å². The molecule has 0 saturated carbocycles. The zero-order valence-electron chi connectivity index (χ0n) is 8.32. The van der Waals surface area contributed by atoms with Gasteiger partial charge >= 0.3 is 0 Å². The molecule has 14 heavy (non-hydrogen) atoms. The maximum absolute atomic E-state index is 4.17. The summed E-state index contributed by atoms with van der Waals surface area (Å²) in [5, 5.41) is 10.4. The van der Waals surface area contributed by atoms with E-state index in [0.717, 1.165) is 16.4 Å². The summed E-state index contributed by atoms with van der Waals surface area (Å²) in [6.07, 6.45) is 0.962. The summed E-state index contributed by atoms with van der Waals surface area (Å²) in [5.74, 6) is 0. The molecule has 0 aliphatic carbocycles. The molecule has 0 aliphatic heterocycles. The standard InChI is InChI=1S/C11H12N2S/c1-3-10-12-13-11(14-10)9-6-4-5-8(2)7-9/h4-7H,3H2,1-2H3. The van der Waals surface area contributed by atoms with Crippen molar-refractivity contribution in [1.82, 2.24) is 10.2 Å². The summed E-state index contributed by atoms with van der Waals surface area (Å²) < 4.78 is 0. The summed E-state index contributed by atoms with van der Waals surface area (Å²) in [7, 11) is 0. The molecule has 0 aliphatic rings. The number of nitrogens with zero attached hydrogens (tertiary/aromatic N) is 2. The minimum Gasteiger partial charge on any atom is -0.143 e. The van der Waals surface area contributed by atoms with Crippen molar-refractivity contribution in [2.24, 2.45) is 0 Å². The van der Waals surface area contributed by atoms with E-state index < -0.39 is 0 Å². The van der Waals surface area contributed by atoms with Crippen LogP contribution in [0.3, 0.4) is 0 Å². The van der Waals surface area contributed by atoms with Gasteiger partial charge in [0.1, 0.15) is 10.0 Å². The Morgan fingerprint density at radius 3 is 2.79 bits per heavy atom. The molecule has 72 valence electrons. The molecule has 1 aromatic carbocycles. The second-order valence-corrected chi connectivity index (χ2v) is 4.29. The third-order valence-corrected chi connectivity index (χ3v) is 3.15. The molecule has 0 radical (unpaired) electrons. The van der Waals surface area contributed by atoms with Crippen LogP contribution in [0.25, 0.3) is 10.6 Å². The van der Waals surface area contributed by atoms with Crippen molar-refractivity contribution in [1.29, 1.82) is 0 Å². The van der Waals surface area contributed by atoms with Crippen molar-refractivity contribution in [3.8, 4) is 10.6 Å². The van der Waals surface area contributed by atoms with Crippen LogP contribution in [-0.4, -0.2) is 10.2 Å². The molecule has 2 nitrogen and oxygen atoms in total. The molecule has 0 atom stereocenters. The molecule has 0 spiro atoms. The van der Waals surface area contributed by atoms with Gasteiger partial charge < -0.3 is 0 Å². The summed E-state index contributed by atoms with van der Waals surface area (Å²) in [6, 6.07) is 8.36. The second kappa shape index (κ2) is 3.88. The highest BCUT2D eigenvalue weighted by Gasteiger charge is 2.04. The molecule has 2 aromatic rings. The number of aromatic nitrogens is 2. The van der Waals surface area contributed by atoms with Crippen LogP contribution in [-0.2, 0) is 6.42 Å². The zero-order chi connectivity index (χ0) is 9.97. The van der Waals surface area contributed by atoms with Gasteiger partial charge in [0.25, 0.3) is 0 Å². The van der Waals surface area contributed by atoms with E-state index in [9.17, 15) is 0 Å². The van der Waals surface area contributed by atoms with Gasteiger partial charge in [-0.1, -0.05) is 42.0 Å². The van der Waals surface area contributed by atoms with E-state index in [4.69, 9.17) is 0 Å². The number of hydrogen-bond acceptors (Lipinski definition) is 3. The smallest absolute Gasteiger partial charge is 0.143 e. The lowest BCUT2D eigenvalue weighted by atomic mass is 10.1.